The molecule has 0 spiro atoms. The highest BCUT2D eigenvalue weighted by Crippen LogP contribution is 2.28. The summed E-state index contributed by atoms with van der Waals surface area (Å²) in [5.41, 5.74) is -1.07. The monoisotopic (exact) mass is 293 g/mol. The van der Waals surface area contributed by atoms with Crippen molar-refractivity contribution in [2.75, 3.05) is 0 Å². The van der Waals surface area contributed by atoms with Gasteiger partial charge in [0.1, 0.15) is 10.1 Å². The van der Waals surface area contributed by atoms with Gasteiger partial charge in [-0.05, 0) is 6.07 Å². The Morgan fingerprint density at radius 1 is 0.900 bits per heavy atom. The smallest absolute Gasteiger partial charge is 0.125 e. The second-order valence-electron chi connectivity index (χ2n) is 3.87. The van der Waals surface area contributed by atoms with Crippen LogP contribution in [0.1, 0.15) is 20.7 Å². The van der Waals surface area contributed by atoms with Crippen molar-refractivity contribution in [3.8, 4) is 0 Å². The van der Waals surface area contributed by atoms with Gasteiger partial charge >= 0.3 is 0 Å². The number of carbonyl (C=O) groups is 2. The molecule has 0 unspecified atom stereocenters. The molecule has 0 aliphatic heterocycles. The largest absolute Gasteiger partial charge is 0.744 e. The van der Waals surface area contributed by atoms with Gasteiger partial charge in [0.05, 0.1) is 16.8 Å². The van der Waals surface area contributed by atoms with E-state index in [0.717, 1.165) is 24.3 Å². The lowest BCUT2D eigenvalue weighted by molar-refractivity contribution is -0.255. The van der Waals surface area contributed by atoms with Gasteiger partial charge in [-0.1, -0.05) is 24.3 Å². The lowest BCUT2D eigenvalue weighted by Gasteiger charge is -2.17. The van der Waals surface area contributed by atoms with Crippen LogP contribution in [0.5, 0.6) is 0 Å². The molecule has 0 aliphatic carbocycles. The van der Waals surface area contributed by atoms with Crippen LogP contribution in [0, 0.1) is 0 Å². The first-order chi connectivity index (χ1) is 9.23. The Labute approximate surface area is 112 Å². The van der Waals surface area contributed by atoms with Crippen LogP contribution in [0.25, 0.3) is 10.8 Å². The Morgan fingerprint density at radius 2 is 1.45 bits per heavy atom. The fraction of sp³-hybridized carbons (Fsp3) is 0. The summed E-state index contributed by atoms with van der Waals surface area (Å²) in [6.07, 6.45) is 0. The number of rotatable bonds is 3. The van der Waals surface area contributed by atoms with Gasteiger partial charge in [-0.3, -0.25) is 0 Å². The summed E-state index contributed by atoms with van der Waals surface area (Å²) < 4.78 is 33.4. The molecule has 0 radical (unpaired) electrons. The summed E-state index contributed by atoms with van der Waals surface area (Å²) >= 11 is 0. The third kappa shape index (κ3) is 2.22. The average molecular weight is 293 g/mol. The Bertz CT molecular complexity index is 816. The third-order valence-electron chi connectivity index (χ3n) is 2.71. The maximum absolute atomic E-state index is 11.1. The fourth-order valence-corrected chi connectivity index (χ4v) is 2.61. The highest BCUT2D eigenvalue weighted by atomic mass is 32.2. The zero-order valence-electron chi connectivity index (χ0n) is 9.65. The van der Waals surface area contributed by atoms with Gasteiger partial charge < -0.3 is 24.4 Å². The van der Waals surface area contributed by atoms with Gasteiger partial charge in [-0.15, -0.1) is 0 Å². The average Bonchev–Trinajstić information content (AvgIpc) is 2.34. The Balaban J connectivity index is 3.08. The van der Waals surface area contributed by atoms with Crippen molar-refractivity contribution in [3.63, 3.8) is 0 Å². The zero-order valence-corrected chi connectivity index (χ0v) is 10.5. The molecule has 0 saturated carbocycles. The van der Waals surface area contributed by atoms with Gasteiger partial charge in [0.25, 0.3) is 0 Å². The minimum Gasteiger partial charge on any atom is -0.744 e. The van der Waals surface area contributed by atoms with E-state index in [2.05, 4.69) is 0 Å². The number of carboxylic acid groups (broad SMARTS) is 2. The molecule has 2 aromatic rings. The summed E-state index contributed by atoms with van der Waals surface area (Å²) in [6, 6.07) is 4.98. The highest BCUT2D eigenvalue weighted by molar-refractivity contribution is 7.86. The van der Waals surface area contributed by atoms with Crippen LogP contribution in [0.2, 0.25) is 0 Å². The molecule has 0 aromatic heterocycles. The van der Waals surface area contributed by atoms with Crippen LogP contribution in [-0.4, -0.2) is 24.9 Å². The zero-order chi connectivity index (χ0) is 15.1. The van der Waals surface area contributed by atoms with Crippen LogP contribution >= 0.6 is 0 Å². The van der Waals surface area contributed by atoms with Crippen molar-refractivity contribution in [3.05, 3.63) is 41.5 Å². The first-order valence-electron chi connectivity index (χ1n) is 5.18. The molecule has 0 atom stereocenters. The highest BCUT2D eigenvalue weighted by Gasteiger charge is 2.14. The Hall–Kier alpha value is -2.45. The molecule has 0 saturated heterocycles. The number of hydrogen-bond acceptors (Lipinski definition) is 7. The second kappa shape index (κ2) is 4.58. The molecule has 0 amide bonds. The van der Waals surface area contributed by atoms with E-state index in [4.69, 9.17) is 0 Å². The van der Waals surface area contributed by atoms with E-state index in [1.165, 1.54) is 6.07 Å². The topological polar surface area (TPSA) is 137 Å². The van der Waals surface area contributed by atoms with Gasteiger partial charge in [0.15, 0.2) is 0 Å². The summed E-state index contributed by atoms with van der Waals surface area (Å²) in [7, 11) is -4.89. The summed E-state index contributed by atoms with van der Waals surface area (Å²) in [4.78, 5) is 21.3. The SMILES string of the molecule is O=C([O-])c1cccc2c(S(=O)(=O)[O-])ccc(C(=O)[O-])c12. The molecule has 7 nitrogen and oxygen atoms in total. The van der Waals surface area contributed by atoms with Crippen LogP contribution < -0.4 is 10.2 Å². The molecule has 2 rings (SSSR count). The fourth-order valence-electron chi connectivity index (χ4n) is 1.94. The molecule has 104 valence electrons. The number of aromatic carboxylic acids is 2. The molecular formula is C12H5O7S-3. The molecular weight excluding hydrogens is 288 g/mol. The molecule has 0 aliphatic rings. The second-order valence-corrected chi connectivity index (χ2v) is 5.22. The van der Waals surface area contributed by atoms with Crippen molar-refractivity contribution in [1.29, 1.82) is 0 Å². The summed E-state index contributed by atoms with van der Waals surface area (Å²) in [5.74, 6) is -3.39. The van der Waals surface area contributed by atoms with Gasteiger partial charge in [0, 0.05) is 21.9 Å². The van der Waals surface area contributed by atoms with E-state index < -0.39 is 43.5 Å². The van der Waals surface area contributed by atoms with E-state index in [1.807, 2.05) is 0 Å². The number of carboxylic acids is 2. The minimum absolute atomic E-state index is 0.302. The maximum Gasteiger partial charge on any atom is 0.125 e. The first kappa shape index (κ1) is 14.0. The number of hydrogen-bond donors (Lipinski definition) is 0. The summed E-state index contributed by atoms with van der Waals surface area (Å²) in [5, 5.41) is 21.3. The molecule has 0 N–H and O–H groups in total. The molecule has 20 heavy (non-hydrogen) atoms. The standard InChI is InChI=1S/C12H8O7S/c13-11(14)7-3-1-2-6-9(20(17,18)19)5-4-8(10(6)7)12(15)16/h1-5H,(H,13,14)(H,15,16)(H,17,18,19)/p-3. The molecule has 0 bridgehead atoms. The molecule has 2 aromatic carbocycles. The van der Waals surface area contributed by atoms with E-state index in [1.54, 1.807) is 0 Å². The Morgan fingerprint density at radius 3 is 1.95 bits per heavy atom. The van der Waals surface area contributed by atoms with E-state index in [-0.39, 0.29) is 5.39 Å². The summed E-state index contributed by atoms with van der Waals surface area (Å²) in [6.45, 7) is 0. The van der Waals surface area contributed by atoms with Crippen molar-refractivity contribution in [2.45, 2.75) is 4.90 Å². The molecule has 8 heteroatoms. The number of fused-ring (bicyclic) bond motifs is 1. The van der Waals surface area contributed by atoms with E-state index >= 15 is 0 Å². The van der Waals surface area contributed by atoms with Gasteiger partial charge in [-0.2, -0.15) is 0 Å². The Kier molecular flexibility index (Phi) is 3.20. The third-order valence-corrected chi connectivity index (χ3v) is 3.60. The quantitative estimate of drug-likeness (QED) is 0.626. The first-order valence-corrected chi connectivity index (χ1v) is 6.58. The number of carbonyl (C=O) groups excluding carboxylic acids is 2. The van der Waals surface area contributed by atoms with Crippen LogP contribution in [0.4, 0.5) is 0 Å². The molecule has 0 fully saturated rings. The van der Waals surface area contributed by atoms with Crippen LogP contribution in [-0.2, 0) is 10.1 Å². The minimum atomic E-state index is -4.89. The lowest BCUT2D eigenvalue weighted by Crippen LogP contribution is -2.26. The van der Waals surface area contributed by atoms with Crippen molar-refractivity contribution < 1.29 is 32.8 Å². The predicted octanol–water partition coefficient (Wildman–Crippen LogP) is -1.53. The van der Waals surface area contributed by atoms with E-state index in [9.17, 15) is 32.8 Å². The predicted molar refractivity (Wildman–Crippen MR) is 60.6 cm³/mol. The maximum atomic E-state index is 11.1. The van der Waals surface area contributed by atoms with Crippen molar-refractivity contribution in [1.82, 2.24) is 0 Å². The lowest BCUT2D eigenvalue weighted by atomic mass is 9.99. The van der Waals surface area contributed by atoms with Crippen LogP contribution in [0.15, 0.2) is 35.2 Å². The number of benzene rings is 2. The van der Waals surface area contributed by atoms with Crippen molar-refractivity contribution >= 4 is 32.8 Å². The van der Waals surface area contributed by atoms with Gasteiger partial charge in [-0.25, -0.2) is 8.42 Å². The van der Waals surface area contributed by atoms with E-state index in [0.29, 0.717) is 0 Å². The van der Waals surface area contributed by atoms with Crippen molar-refractivity contribution in [2.24, 2.45) is 0 Å². The molecule has 0 heterocycles. The van der Waals surface area contributed by atoms with Crippen LogP contribution in [0.3, 0.4) is 0 Å². The van der Waals surface area contributed by atoms with Gasteiger partial charge in [0.2, 0.25) is 0 Å². The normalized spacial score (nSPS) is 11.4.